The van der Waals surface area contributed by atoms with E-state index >= 15 is 0 Å². The molecule has 18 heavy (non-hydrogen) atoms. The SMILES string of the molecule is C=C[C@H](c1cccc(F)c1OC)N1CCNCC1. The highest BCUT2D eigenvalue weighted by atomic mass is 19.1. The lowest BCUT2D eigenvalue weighted by atomic mass is 10.0. The first-order valence-electron chi connectivity index (χ1n) is 6.17. The topological polar surface area (TPSA) is 24.5 Å². The van der Waals surface area contributed by atoms with Crippen LogP contribution in [0.25, 0.3) is 0 Å². The van der Waals surface area contributed by atoms with Gasteiger partial charge in [-0.15, -0.1) is 6.58 Å². The first-order chi connectivity index (χ1) is 8.77. The molecule has 1 N–H and O–H groups in total. The van der Waals surface area contributed by atoms with Gasteiger partial charge in [0.1, 0.15) is 0 Å². The van der Waals surface area contributed by atoms with Crippen molar-refractivity contribution in [3.8, 4) is 5.75 Å². The van der Waals surface area contributed by atoms with Crippen molar-refractivity contribution in [1.29, 1.82) is 0 Å². The quantitative estimate of drug-likeness (QED) is 0.827. The van der Waals surface area contributed by atoms with E-state index in [1.54, 1.807) is 6.07 Å². The summed E-state index contributed by atoms with van der Waals surface area (Å²) in [6, 6.07) is 5.03. The Bertz CT molecular complexity index is 416. The molecule has 0 unspecified atom stereocenters. The highest BCUT2D eigenvalue weighted by Gasteiger charge is 2.23. The van der Waals surface area contributed by atoms with E-state index in [2.05, 4.69) is 16.8 Å². The number of nitrogens with one attached hydrogen (secondary N) is 1. The van der Waals surface area contributed by atoms with Crippen LogP contribution in [0.4, 0.5) is 4.39 Å². The smallest absolute Gasteiger partial charge is 0.165 e. The summed E-state index contributed by atoms with van der Waals surface area (Å²) in [6.07, 6.45) is 1.85. The van der Waals surface area contributed by atoms with Crippen LogP contribution in [0.5, 0.6) is 5.75 Å². The maximum atomic E-state index is 13.7. The molecule has 4 heteroatoms. The molecule has 1 saturated heterocycles. The molecule has 1 heterocycles. The van der Waals surface area contributed by atoms with Crippen LogP contribution in [0.3, 0.4) is 0 Å². The second kappa shape index (κ2) is 5.98. The van der Waals surface area contributed by atoms with Gasteiger partial charge in [-0.3, -0.25) is 4.90 Å². The lowest BCUT2D eigenvalue weighted by Crippen LogP contribution is -2.44. The number of methoxy groups -OCH3 is 1. The largest absolute Gasteiger partial charge is 0.493 e. The molecule has 0 aliphatic carbocycles. The van der Waals surface area contributed by atoms with Crippen molar-refractivity contribution < 1.29 is 9.13 Å². The summed E-state index contributed by atoms with van der Waals surface area (Å²) >= 11 is 0. The second-order valence-electron chi connectivity index (χ2n) is 4.33. The molecule has 0 saturated carbocycles. The number of piperazine rings is 1. The molecule has 1 aromatic rings. The standard InChI is InChI=1S/C14H19FN2O/c1-3-13(17-9-7-16-8-10-17)11-5-4-6-12(15)14(11)18-2/h3-6,13,16H,1,7-10H2,2H3/t13-/m1/s1. The Morgan fingerprint density at radius 3 is 2.78 bits per heavy atom. The number of nitrogens with zero attached hydrogens (tertiary/aromatic N) is 1. The van der Waals surface area contributed by atoms with Gasteiger partial charge in [0.15, 0.2) is 11.6 Å². The van der Waals surface area contributed by atoms with Gasteiger partial charge < -0.3 is 10.1 Å². The number of ether oxygens (including phenoxy) is 1. The molecular formula is C14H19FN2O. The molecule has 0 aromatic heterocycles. The van der Waals surface area contributed by atoms with Gasteiger partial charge in [-0.1, -0.05) is 18.2 Å². The number of hydrogen-bond donors (Lipinski definition) is 1. The molecule has 98 valence electrons. The van der Waals surface area contributed by atoms with Crippen molar-refractivity contribution in [3.05, 3.63) is 42.2 Å². The van der Waals surface area contributed by atoms with Crippen molar-refractivity contribution in [2.24, 2.45) is 0 Å². The summed E-state index contributed by atoms with van der Waals surface area (Å²) in [4.78, 5) is 2.28. The van der Waals surface area contributed by atoms with Crippen molar-refractivity contribution in [1.82, 2.24) is 10.2 Å². The second-order valence-corrected chi connectivity index (χ2v) is 4.33. The average Bonchev–Trinajstić information content (AvgIpc) is 2.41. The fourth-order valence-electron chi connectivity index (χ4n) is 2.41. The molecule has 0 spiro atoms. The van der Waals surface area contributed by atoms with E-state index in [1.807, 2.05) is 12.1 Å². The van der Waals surface area contributed by atoms with Gasteiger partial charge in [-0.2, -0.15) is 0 Å². The van der Waals surface area contributed by atoms with Crippen molar-refractivity contribution >= 4 is 0 Å². The summed E-state index contributed by atoms with van der Waals surface area (Å²) in [7, 11) is 1.50. The third-order valence-electron chi connectivity index (χ3n) is 3.29. The Balaban J connectivity index is 2.31. The molecule has 2 rings (SSSR count). The van der Waals surface area contributed by atoms with Crippen LogP contribution in [0.2, 0.25) is 0 Å². The number of rotatable bonds is 4. The summed E-state index contributed by atoms with van der Waals surface area (Å²) in [5, 5.41) is 3.30. The third-order valence-corrected chi connectivity index (χ3v) is 3.29. The summed E-state index contributed by atoms with van der Waals surface area (Å²) in [5.74, 6) is -0.00193. The van der Waals surface area contributed by atoms with Crippen molar-refractivity contribution in [3.63, 3.8) is 0 Å². The van der Waals surface area contributed by atoms with Crippen LogP contribution in [-0.2, 0) is 0 Å². The number of benzene rings is 1. The van der Waals surface area contributed by atoms with Crippen LogP contribution in [-0.4, -0.2) is 38.2 Å². The molecule has 1 aliphatic heterocycles. The van der Waals surface area contributed by atoms with Gasteiger partial charge in [0, 0.05) is 31.7 Å². The van der Waals surface area contributed by atoms with Gasteiger partial charge in [0.25, 0.3) is 0 Å². The van der Waals surface area contributed by atoms with Gasteiger partial charge >= 0.3 is 0 Å². The Kier molecular flexibility index (Phi) is 4.33. The van der Waals surface area contributed by atoms with Crippen LogP contribution < -0.4 is 10.1 Å². The summed E-state index contributed by atoms with van der Waals surface area (Å²) in [5.41, 5.74) is 0.842. The maximum Gasteiger partial charge on any atom is 0.165 e. The van der Waals surface area contributed by atoms with E-state index in [0.29, 0.717) is 5.75 Å². The summed E-state index contributed by atoms with van der Waals surface area (Å²) in [6.45, 7) is 7.62. The molecule has 0 radical (unpaired) electrons. The maximum absolute atomic E-state index is 13.7. The van der Waals surface area contributed by atoms with Crippen LogP contribution in [0.15, 0.2) is 30.9 Å². The third kappa shape index (κ3) is 2.54. The first-order valence-corrected chi connectivity index (χ1v) is 6.17. The Morgan fingerprint density at radius 1 is 1.44 bits per heavy atom. The predicted octanol–water partition coefficient (Wildman–Crippen LogP) is 1.97. The van der Waals surface area contributed by atoms with E-state index in [4.69, 9.17) is 4.74 Å². The molecule has 0 amide bonds. The highest BCUT2D eigenvalue weighted by Crippen LogP contribution is 2.32. The van der Waals surface area contributed by atoms with Crippen LogP contribution >= 0.6 is 0 Å². The van der Waals surface area contributed by atoms with Crippen molar-refractivity contribution in [2.75, 3.05) is 33.3 Å². The lowest BCUT2D eigenvalue weighted by molar-refractivity contribution is 0.199. The molecule has 1 aliphatic rings. The Morgan fingerprint density at radius 2 is 2.17 bits per heavy atom. The Hall–Kier alpha value is -1.39. The fourth-order valence-corrected chi connectivity index (χ4v) is 2.41. The average molecular weight is 250 g/mol. The van der Waals surface area contributed by atoms with Gasteiger partial charge in [0.2, 0.25) is 0 Å². The number of para-hydroxylation sites is 1. The lowest BCUT2D eigenvalue weighted by Gasteiger charge is -2.34. The molecule has 1 fully saturated rings. The highest BCUT2D eigenvalue weighted by molar-refractivity contribution is 5.39. The minimum Gasteiger partial charge on any atom is -0.493 e. The zero-order chi connectivity index (χ0) is 13.0. The zero-order valence-corrected chi connectivity index (χ0v) is 10.7. The fraction of sp³-hybridized carbons (Fsp3) is 0.429. The van der Waals surface area contributed by atoms with Gasteiger partial charge in [0.05, 0.1) is 13.2 Å². The van der Waals surface area contributed by atoms with Gasteiger partial charge in [-0.05, 0) is 6.07 Å². The van der Waals surface area contributed by atoms with Crippen molar-refractivity contribution in [2.45, 2.75) is 6.04 Å². The Labute approximate surface area is 107 Å². The van der Waals surface area contributed by atoms with E-state index < -0.39 is 0 Å². The van der Waals surface area contributed by atoms with E-state index in [0.717, 1.165) is 31.7 Å². The minimum absolute atomic E-state index is 0.00208. The molecule has 3 nitrogen and oxygen atoms in total. The monoisotopic (exact) mass is 250 g/mol. The van der Waals surface area contributed by atoms with E-state index in [1.165, 1.54) is 13.2 Å². The summed E-state index contributed by atoms with van der Waals surface area (Å²) < 4.78 is 18.9. The first kappa shape index (κ1) is 13.1. The zero-order valence-electron chi connectivity index (χ0n) is 10.7. The van der Waals surface area contributed by atoms with Gasteiger partial charge in [-0.25, -0.2) is 4.39 Å². The molecule has 0 bridgehead atoms. The molecule has 1 aromatic carbocycles. The molecule has 1 atom stereocenters. The van der Waals surface area contributed by atoms with E-state index in [9.17, 15) is 4.39 Å². The van der Waals surface area contributed by atoms with Crippen LogP contribution in [0, 0.1) is 5.82 Å². The number of hydrogen-bond acceptors (Lipinski definition) is 3. The minimum atomic E-state index is -0.322. The van der Waals surface area contributed by atoms with Crippen LogP contribution in [0.1, 0.15) is 11.6 Å². The number of halogens is 1. The predicted molar refractivity (Wildman–Crippen MR) is 70.3 cm³/mol. The molecular weight excluding hydrogens is 231 g/mol. The normalized spacial score (nSPS) is 18.3. The van der Waals surface area contributed by atoms with E-state index in [-0.39, 0.29) is 11.9 Å².